The Kier molecular flexibility index (Phi) is 6.23. The zero-order valence-electron chi connectivity index (χ0n) is 20.5. The minimum Gasteiger partial charge on any atom is -0.497 e. The first-order chi connectivity index (χ1) is 18.5. The number of nitro groups is 1. The summed E-state index contributed by atoms with van der Waals surface area (Å²) >= 11 is 6.62. The Bertz CT molecular complexity index is 1650. The zero-order valence-corrected chi connectivity index (χ0v) is 21.2. The van der Waals surface area contributed by atoms with Gasteiger partial charge in [0.1, 0.15) is 11.5 Å². The number of nitrogens with one attached hydrogen (secondary N) is 2. The van der Waals surface area contributed by atoms with E-state index in [2.05, 4.69) is 22.4 Å². The highest BCUT2D eigenvalue weighted by atomic mass is 35.5. The molecule has 0 bridgehead atoms. The van der Waals surface area contributed by atoms with Gasteiger partial charge >= 0.3 is 5.69 Å². The van der Waals surface area contributed by atoms with Crippen LogP contribution >= 0.6 is 11.6 Å². The van der Waals surface area contributed by atoms with Gasteiger partial charge in [-0.25, -0.2) is 0 Å². The van der Waals surface area contributed by atoms with Crippen molar-refractivity contribution in [3.63, 3.8) is 0 Å². The molecule has 0 unspecified atom stereocenters. The molecule has 38 heavy (non-hydrogen) atoms. The van der Waals surface area contributed by atoms with Gasteiger partial charge in [0, 0.05) is 40.1 Å². The molecule has 190 valence electrons. The third kappa shape index (κ3) is 4.26. The van der Waals surface area contributed by atoms with E-state index in [1.807, 2.05) is 42.5 Å². The topological polar surface area (TPSA) is 89.4 Å². The smallest absolute Gasteiger partial charge is 0.311 e. The molecule has 0 saturated heterocycles. The number of hydrogen-bond acceptors (Lipinski definition) is 5. The molecule has 8 heteroatoms. The summed E-state index contributed by atoms with van der Waals surface area (Å²) in [7, 11) is 1.58. The quantitative estimate of drug-likeness (QED) is 0.179. The fourth-order valence-corrected chi connectivity index (χ4v) is 5.52. The van der Waals surface area contributed by atoms with E-state index in [1.54, 1.807) is 43.5 Å². The van der Waals surface area contributed by atoms with Crippen molar-refractivity contribution in [2.75, 3.05) is 13.7 Å². The molecule has 7 nitrogen and oxygen atoms in total. The van der Waals surface area contributed by atoms with Gasteiger partial charge in [0.25, 0.3) is 0 Å². The van der Waals surface area contributed by atoms with Crippen molar-refractivity contribution in [1.82, 2.24) is 10.3 Å². The van der Waals surface area contributed by atoms with Gasteiger partial charge in [-0.1, -0.05) is 54.1 Å². The van der Waals surface area contributed by atoms with Gasteiger partial charge < -0.3 is 19.8 Å². The van der Waals surface area contributed by atoms with Gasteiger partial charge in [-0.2, -0.15) is 0 Å². The number of halogens is 1. The third-order valence-corrected chi connectivity index (χ3v) is 7.37. The van der Waals surface area contributed by atoms with Gasteiger partial charge in [0.15, 0.2) is 0 Å². The van der Waals surface area contributed by atoms with E-state index in [0.717, 1.165) is 33.3 Å². The number of para-hydroxylation sites is 1. The van der Waals surface area contributed by atoms with Crippen LogP contribution < -0.4 is 14.8 Å². The second-order valence-electron chi connectivity index (χ2n) is 9.18. The molecule has 1 aromatic heterocycles. The minimum atomic E-state index is -0.413. The van der Waals surface area contributed by atoms with Crippen LogP contribution in [0.5, 0.6) is 17.2 Å². The number of methoxy groups -OCH3 is 1. The number of aromatic nitrogens is 1. The first kappa shape index (κ1) is 24.0. The van der Waals surface area contributed by atoms with Crippen LogP contribution in [0.25, 0.3) is 10.9 Å². The van der Waals surface area contributed by atoms with Gasteiger partial charge in [-0.05, 0) is 59.2 Å². The maximum absolute atomic E-state index is 12.1. The zero-order chi connectivity index (χ0) is 26.2. The van der Waals surface area contributed by atoms with Crippen molar-refractivity contribution in [3.05, 3.63) is 129 Å². The maximum atomic E-state index is 12.1. The van der Waals surface area contributed by atoms with Crippen LogP contribution in [-0.2, 0) is 0 Å². The number of nitrogens with zero attached hydrogens (tertiary/aromatic N) is 1. The monoisotopic (exact) mass is 525 g/mol. The van der Waals surface area contributed by atoms with Crippen molar-refractivity contribution in [3.8, 4) is 17.2 Å². The SMILES string of the molecule is COc1ccc(Oc2ccc([C@@H]3NC[C@H](c4ccccc4Cl)c4c3[nH]c3ccccc43)cc2[N+](=O)[O-])cc1. The molecule has 6 rings (SSSR count). The van der Waals surface area contributed by atoms with E-state index < -0.39 is 4.92 Å². The average Bonchev–Trinajstić information content (AvgIpc) is 3.33. The number of hydrogen-bond donors (Lipinski definition) is 2. The van der Waals surface area contributed by atoms with Crippen molar-refractivity contribution in [2.45, 2.75) is 12.0 Å². The van der Waals surface area contributed by atoms with Crippen LogP contribution in [0.4, 0.5) is 5.69 Å². The van der Waals surface area contributed by atoms with Gasteiger partial charge in [-0.3, -0.25) is 10.1 Å². The molecule has 0 spiro atoms. The highest BCUT2D eigenvalue weighted by molar-refractivity contribution is 6.31. The van der Waals surface area contributed by atoms with E-state index >= 15 is 0 Å². The van der Waals surface area contributed by atoms with Gasteiger partial charge in [-0.15, -0.1) is 0 Å². The third-order valence-electron chi connectivity index (χ3n) is 7.02. The second-order valence-corrected chi connectivity index (χ2v) is 9.58. The summed E-state index contributed by atoms with van der Waals surface area (Å²) in [6.07, 6.45) is 0. The molecule has 2 N–H and O–H groups in total. The molecule has 2 heterocycles. The normalized spacial score (nSPS) is 16.7. The number of benzene rings is 4. The van der Waals surface area contributed by atoms with Crippen LogP contribution in [0, 0.1) is 10.1 Å². The first-order valence-electron chi connectivity index (χ1n) is 12.2. The summed E-state index contributed by atoms with van der Waals surface area (Å²) in [5, 5.41) is 17.5. The maximum Gasteiger partial charge on any atom is 0.311 e. The van der Waals surface area contributed by atoms with Crippen LogP contribution in [-0.4, -0.2) is 23.6 Å². The lowest BCUT2D eigenvalue weighted by Gasteiger charge is -2.31. The van der Waals surface area contributed by atoms with E-state index in [9.17, 15) is 10.1 Å². The molecule has 0 fully saturated rings. The van der Waals surface area contributed by atoms with Crippen molar-refractivity contribution in [1.29, 1.82) is 0 Å². The number of rotatable bonds is 6. The number of nitro benzene ring substituents is 1. The Balaban J connectivity index is 1.42. The molecule has 1 aliphatic rings. The standard InChI is InChI=1S/C30H24ClN3O4/c1-37-19-11-13-20(14-12-19)38-27-15-10-18(16-26(27)34(35)36)29-30-28(22-7-3-5-9-25(22)33-30)23(17-32-29)21-6-2-4-8-24(21)31/h2-16,23,29,32-33H,17H2,1H3/t23-,29+/m1/s1. The summed E-state index contributed by atoms with van der Waals surface area (Å²) in [6.45, 7) is 0.626. The van der Waals surface area contributed by atoms with Gasteiger partial charge in [0.05, 0.1) is 18.1 Å². The molecule has 0 aliphatic carbocycles. The van der Waals surface area contributed by atoms with Crippen molar-refractivity contribution < 1.29 is 14.4 Å². The molecule has 5 aromatic rings. The van der Waals surface area contributed by atoms with E-state index in [0.29, 0.717) is 23.1 Å². The highest BCUT2D eigenvalue weighted by Crippen LogP contribution is 2.44. The first-order valence-corrected chi connectivity index (χ1v) is 12.6. The number of fused-ring (bicyclic) bond motifs is 3. The number of H-pyrrole nitrogens is 1. The molecule has 0 radical (unpaired) electrons. The van der Waals surface area contributed by atoms with Crippen LogP contribution in [0.15, 0.2) is 91.0 Å². The average molecular weight is 526 g/mol. The molecule has 4 aromatic carbocycles. The highest BCUT2D eigenvalue weighted by Gasteiger charge is 2.34. The molecule has 0 saturated carbocycles. The second kappa shape index (κ2) is 9.85. The molecule has 2 atom stereocenters. The minimum absolute atomic E-state index is 0.0266. The lowest BCUT2D eigenvalue weighted by Crippen LogP contribution is -2.34. The Morgan fingerprint density at radius 2 is 1.68 bits per heavy atom. The van der Waals surface area contributed by atoms with Crippen LogP contribution in [0.3, 0.4) is 0 Å². The summed E-state index contributed by atoms with van der Waals surface area (Å²) in [6, 6.07) is 27.8. The predicted octanol–water partition coefficient (Wildman–Crippen LogP) is 7.35. The van der Waals surface area contributed by atoms with Crippen molar-refractivity contribution >= 4 is 28.2 Å². The summed E-state index contributed by atoms with van der Waals surface area (Å²) in [5.41, 5.74) is 4.84. The van der Waals surface area contributed by atoms with E-state index in [1.165, 1.54) is 0 Å². The Labute approximate surface area is 224 Å². The van der Waals surface area contributed by atoms with E-state index in [4.69, 9.17) is 21.1 Å². The number of aromatic amines is 1. The van der Waals surface area contributed by atoms with Crippen LogP contribution in [0.1, 0.15) is 34.3 Å². The van der Waals surface area contributed by atoms with E-state index in [-0.39, 0.29) is 23.4 Å². The lowest BCUT2D eigenvalue weighted by atomic mass is 9.83. The Hall–Kier alpha value is -4.33. The van der Waals surface area contributed by atoms with Crippen molar-refractivity contribution in [2.24, 2.45) is 0 Å². The Morgan fingerprint density at radius 3 is 2.45 bits per heavy atom. The number of ether oxygens (including phenoxy) is 2. The summed E-state index contributed by atoms with van der Waals surface area (Å²) < 4.78 is 11.1. The molecule has 0 amide bonds. The summed E-state index contributed by atoms with van der Waals surface area (Å²) in [5.74, 6) is 1.36. The lowest BCUT2D eigenvalue weighted by molar-refractivity contribution is -0.385. The fourth-order valence-electron chi connectivity index (χ4n) is 5.25. The fraction of sp³-hybridized carbons (Fsp3) is 0.133. The predicted molar refractivity (Wildman–Crippen MR) is 148 cm³/mol. The van der Waals surface area contributed by atoms with Gasteiger partial charge in [0.2, 0.25) is 5.75 Å². The molecule has 1 aliphatic heterocycles. The molecular formula is C30H24ClN3O4. The largest absolute Gasteiger partial charge is 0.497 e. The van der Waals surface area contributed by atoms with Crippen LogP contribution in [0.2, 0.25) is 5.02 Å². The summed E-state index contributed by atoms with van der Waals surface area (Å²) in [4.78, 5) is 15.2. The molecular weight excluding hydrogens is 502 g/mol. The Morgan fingerprint density at radius 1 is 0.947 bits per heavy atom.